The minimum Gasteiger partial charge on any atom is -0.482 e. The van der Waals surface area contributed by atoms with Gasteiger partial charge in [0.05, 0.1) is 17.6 Å². The number of halogens is 1. The molecule has 0 saturated carbocycles. The Morgan fingerprint density at radius 3 is 2.64 bits per heavy atom. The Morgan fingerprint density at radius 1 is 1.22 bits per heavy atom. The smallest absolute Gasteiger partial charge is 0.336 e. The number of rotatable bonds is 6. The van der Waals surface area contributed by atoms with Gasteiger partial charge in [0.15, 0.2) is 11.5 Å². The first-order valence-corrected chi connectivity index (χ1v) is 11.5. The Labute approximate surface area is 207 Å². The van der Waals surface area contributed by atoms with E-state index in [4.69, 9.17) is 9.47 Å². The fraction of sp³-hybridized carbons (Fsp3) is 0.333. The molecule has 9 heteroatoms. The van der Waals surface area contributed by atoms with E-state index >= 15 is 0 Å². The second-order valence-electron chi connectivity index (χ2n) is 9.82. The van der Waals surface area contributed by atoms with Crippen molar-refractivity contribution in [1.82, 2.24) is 5.32 Å². The van der Waals surface area contributed by atoms with Crippen molar-refractivity contribution < 1.29 is 28.4 Å². The molecule has 8 nitrogen and oxygen atoms in total. The lowest BCUT2D eigenvalue weighted by Crippen LogP contribution is -2.38. The van der Waals surface area contributed by atoms with Crippen molar-refractivity contribution in [2.45, 2.75) is 46.1 Å². The van der Waals surface area contributed by atoms with Gasteiger partial charge in [0, 0.05) is 35.4 Å². The van der Waals surface area contributed by atoms with Gasteiger partial charge in [-0.3, -0.25) is 14.9 Å². The van der Waals surface area contributed by atoms with Crippen molar-refractivity contribution in [1.29, 1.82) is 0 Å². The first-order chi connectivity index (χ1) is 17.0. The summed E-state index contributed by atoms with van der Waals surface area (Å²) in [5, 5.41) is 15.2. The van der Waals surface area contributed by atoms with Crippen LogP contribution < -0.4 is 10.1 Å². The third-order valence-electron chi connectivity index (χ3n) is 6.44. The van der Waals surface area contributed by atoms with Gasteiger partial charge in [-0.2, -0.15) is 0 Å². The number of hydrogen-bond acceptors (Lipinski definition) is 7. The van der Waals surface area contributed by atoms with E-state index in [-0.39, 0.29) is 41.2 Å². The van der Waals surface area contributed by atoms with Gasteiger partial charge in [-0.25, -0.2) is 9.18 Å². The summed E-state index contributed by atoms with van der Waals surface area (Å²) in [5.74, 6) is -2.01. The number of carbonyl (C=O) groups excluding carboxylic acids is 2. The number of allylic oxidation sites excluding steroid dienone is 3. The average molecular weight is 495 g/mol. The molecule has 1 N–H and O–H groups in total. The van der Waals surface area contributed by atoms with Crippen LogP contribution >= 0.6 is 0 Å². The molecule has 0 aromatic heterocycles. The van der Waals surface area contributed by atoms with Crippen molar-refractivity contribution in [2.24, 2.45) is 5.41 Å². The summed E-state index contributed by atoms with van der Waals surface area (Å²) in [6, 6.07) is 10.1. The molecule has 1 heterocycles. The van der Waals surface area contributed by atoms with Gasteiger partial charge in [-0.15, -0.1) is 0 Å². The Balaban J connectivity index is 1.78. The molecule has 0 saturated heterocycles. The van der Waals surface area contributed by atoms with Crippen molar-refractivity contribution in [3.8, 4) is 5.75 Å². The van der Waals surface area contributed by atoms with Crippen LogP contribution in [0.25, 0.3) is 0 Å². The van der Waals surface area contributed by atoms with Gasteiger partial charge in [0.1, 0.15) is 12.4 Å². The number of hydrogen-bond donors (Lipinski definition) is 1. The third-order valence-corrected chi connectivity index (χ3v) is 6.44. The first-order valence-electron chi connectivity index (χ1n) is 11.5. The number of nitrogens with one attached hydrogen (secondary N) is 1. The van der Waals surface area contributed by atoms with Crippen LogP contribution in [0.5, 0.6) is 5.75 Å². The summed E-state index contributed by atoms with van der Waals surface area (Å²) < 4.78 is 24.2. The number of ether oxygens (including phenoxy) is 2. The van der Waals surface area contributed by atoms with E-state index in [9.17, 15) is 24.1 Å². The lowest BCUT2D eigenvalue weighted by atomic mass is 9.68. The second-order valence-corrected chi connectivity index (χ2v) is 9.82. The van der Waals surface area contributed by atoms with Crippen LogP contribution in [0.4, 0.5) is 10.1 Å². The zero-order valence-electron chi connectivity index (χ0n) is 20.5. The molecule has 0 fully saturated rings. The zero-order valence-corrected chi connectivity index (χ0v) is 20.5. The van der Waals surface area contributed by atoms with E-state index in [2.05, 4.69) is 5.32 Å². The van der Waals surface area contributed by atoms with Crippen LogP contribution in [-0.2, 0) is 20.9 Å². The summed E-state index contributed by atoms with van der Waals surface area (Å²) in [6.07, 6.45) is 0.877. The largest absolute Gasteiger partial charge is 0.482 e. The van der Waals surface area contributed by atoms with Gasteiger partial charge in [0.25, 0.3) is 0 Å². The zero-order chi connectivity index (χ0) is 26.2. The van der Waals surface area contributed by atoms with E-state index in [1.54, 1.807) is 19.1 Å². The SMILES string of the molecule is COC(=O)C1=C(C)NC2=C(C(=O)CC(C)(C)C2)[C@@H]1c1ccc(OCc2cccc(F)c2)c([N+](=O)[O-])c1. The number of carbonyl (C=O) groups is 2. The molecule has 2 aromatic rings. The third kappa shape index (κ3) is 4.86. The molecule has 2 aromatic carbocycles. The maximum Gasteiger partial charge on any atom is 0.336 e. The molecule has 0 radical (unpaired) electrons. The molecule has 0 unspecified atom stereocenters. The molecule has 2 aliphatic rings. The highest BCUT2D eigenvalue weighted by atomic mass is 19.1. The van der Waals surface area contributed by atoms with E-state index in [1.807, 2.05) is 13.8 Å². The second kappa shape index (κ2) is 9.56. The van der Waals surface area contributed by atoms with Crippen molar-refractivity contribution in [3.05, 3.63) is 92.1 Å². The molecule has 0 spiro atoms. The van der Waals surface area contributed by atoms with E-state index < -0.39 is 22.6 Å². The van der Waals surface area contributed by atoms with Crippen LogP contribution in [0.3, 0.4) is 0 Å². The van der Waals surface area contributed by atoms with Crippen LogP contribution in [0.15, 0.2) is 65.0 Å². The van der Waals surface area contributed by atoms with Crippen molar-refractivity contribution in [2.75, 3.05) is 7.11 Å². The summed E-state index contributed by atoms with van der Waals surface area (Å²) in [4.78, 5) is 37.5. The molecule has 1 atom stereocenters. The standard InChI is InChI=1S/C27H27FN2O6/c1-15-23(26(32)35-4)24(25-19(29-15)12-27(2,3)13-21(25)31)17-8-9-22(20(11-17)30(33)34)36-14-16-6-5-7-18(28)10-16/h5-11,24,29H,12-14H2,1-4H3/t24-/m1/s1. The highest BCUT2D eigenvalue weighted by molar-refractivity contribution is 6.04. The summed E-state index contributed by atoms with van der Waals surface area (Å²) in [7, 11) is 1.25. The van der Waals surface area contributed by atoms with E-state index in [0.29, 0.717) is 34.5 Å². The molecule has 4 rings (SSSR count). The van der Waals surface area contributed by atoms with Crippen LogP contribution in [0, 0.1) is 21.3 Å². The minimum atomic E-state index is -0.826. The molecular weight excluding hydrogens is 467 g/mol. The van der Waals surface area contributed by atoms with Gasteiger partial charge < -0.3 is 14.8 Å². The molecule has 0 bridgehead atoms. The number of Topliss-reactive ketones (excluding diaryl/α,β-unsaturated/α-hetero) is 1. The average Bonchev–Trinajstić information content (AvgIpc) is 2.80. The molecule has 0 amide bonds. The van der Waals surface area contributed by atoms with Crippen LogP contribution in [0.2, 0.25) is 0 Å². The number of nitro groups is 1. The van der Waals surface area contributed by atoms with E-state index in [0.717, 1.165) is 0 Å². The number of nitrogens with zero attached hydrogens (tertiary/aromatic N) is 1. The Kier molecular flexibility index (Phi) is 6.67. The van der Waals surface area contributed by atoms with Gasteiger partial charge >= 0.3 is 11.7 Å². The minimum absolute atomic E-state index is 0.00688. The Bertz CT molecular complexity index is 1330. The topological polar surface area (TPSA) is 108 Å². The molecule has 1 aliphatic carbocycles. The van der Waals surface area contributed by atoms with Gasteiger partial charge in [-0.1, -0.05) is 32.0 Å². The number of esters is 1. The predicted octanol–water partition coefficient (Wildman–Crippen LogP) is 5.09. The van der Waals surface area contributed by atoms with E-state index in [1.165, 1.54) is 37.4 Å². The Morgan fingerprint density at radius 2 is 1.97 bits per heavy atom. The highest BCUT2D eigenvalue weighted by Gasteiger charge is 2.43. The number of dihydropyridines is 1. The summed E-state index contributed by atoms with van der Waals surface area (Å²) in [5.41, 5.74) is 2.22. The molecule has 1 aliphatic heterocycles. The quantitative estimate of drug-likeness (QED) is 0.339. The summed E-state index contributed by atoms with van der Waals surface area (Å²) in [6.45, 7) is 5.65. The highest BCUT2D eigenvalue weighted by Crippen LogP contribution is 2.47. The van der Waals surface area contributed by atoms with Crippen LogP contribution in [-0.4, -0.2) is 23.8 Å². The molecular formula is C27H27FN2O6. The number of methoxy groups -OCH3 is 1. The number of nitro benzene ring substituents is 1. The first kappa shape index (κ1) is 25.1. The van der Waals surface area contributed by atoms with Crippen molar-refractivity contribution in [3.63, 3.8) is 0 Å². The maximum atomic E-state index is 13.5. The fourth-order valence-corrected chi connectivity index (χ4v) is 4.92. The normalized spacial score (nSPS) is 18.9. The van der Waals surface area contributed by atoms with Gasteiger partial charge in [-0.05, 0) is 48.1 Å². The lowest BCUT2D eigenvalue weighted by Gasteiger charge is -2.39. The molecule has 188 valence electrons. The number of ketones is 1. The van der Waals surface area contributed by atoms with Gasteiger partial charge in [0.2, 0.25) is 0 Å². The molecule has 36 heavy (non-hydrogen) atoms. The fourth-order valence-electron chi connectivity index (χ4n) is 4.92. The van der Waals surface area contributed by atoms with Crippen LogP contribution in [0.1, 0.15) is 50.7 Å². The van der Waals surface area contributed by atoms with Crippen molar-refractivity contribution >= 4 is 17.4 Å². The number of benzene rings is 2. The predicted molar refractivity (Wildman–Crippen MR) is 129 cm³/mol. The Hall–Kier alpha value is -4.01. The maximum absolute atomic E-state index is 13.5. The monoisotopic (exact) mass is 494 g/mol. The summed E-state index contributed by atoms with van der Waals surface area (Å²) >= 11 is 0. The lowest BCUT2D eigenvalue weighted by molar-refractivity contribution is -0.386.